The van der Waals surface area contributed by atoms with E-state index in [1.807, 2.05) is 24.3 Å². The number of hydrogen-bond donors (Lipinski definition) is 1. The summed E-state index contributed by atoms with van der Waals surface area (Å²) in [6.45, 7) is 2.65. The molecule has 0 spiro atoms. The Bertz CT molecular complexity index is 760. The maximum atomic E-state index is 12.4. The van der Waals surface area contributed by atoms with Crippen molar-refractivity contribution in [1.82, 2.24) is 10.2 Å². The molecule has 8 heteroatoms. The minimum Gasteiger partial charge on any atom is -0.375 e. The molecule has 0 aliphatic carbocycles. The Morgan fingerprint density at radius 1 is 1.36 bits per heavy atom. The first-order valence-corrected chi connectivity index (χ1v) is 8.93. The third-order valence-corrected chi connectivity index (χ3v) is 5.09. The monoisotopic (exact) mass is 360 g/mol. The quantitative estimate of drug-likeness (QED) is 0.854. The van der Waals surface area contributed by atoms with E-state index < -0.39 is 0 Å². The van der Waals surface area contributed by atoms with Gasteiger partial charge < -0.3 is 9.64 Å². The van der Waals surface area contributed by atoms with Gasteiger partial charge in [0.1, 0.15) is 11.6 Å². The summed E-state index contributed by atoms with van der Waals surface area (Å²) in [5, 5.41) is 11.9. The molecule has 1 N–H and O–H groups in total. The summed E-state index contributed by atoms with van der Waals surface area (Å²) in [4.78, 5) is 25.7. The van der Waals surface area contributed by atoms with Gasteiger partial charge >= 0.3 is 0 Å². The van der Waals surface area contributed by atoms with Gasteiger partial charge in [-0.25, -0.2) is 0 Å². The van der Waals surface area contributed by atoms with Crippen LogP contribution in [-0.4, -0.2) is 42.3 Å². The topological polar surface area (TPSA) is 84.4 Å². The molecule has 1 atom stereocenters. The van der Waals surface area contributed by atoms with Crippen molar-refractivity contribution in [3.8, 4) is 0 Å². The number of hydrogen-bond acceptors (Lipinski definition) is 6. The largest absolute Gasteiger partial charge is 0.375 e. The Labute approximate surface area is 150 Å². The van der Waals surface area contributed by atoms with E-state index in [4.69, 9.17) is 4.74 Å². The van der Waals surface area contributed by atoms with Gasteiger partial charge in [0.2, 0.25) is 11.0 Å². The van der Waals surface area contributed by atoms with Gasteiger partial charge in [-0.05, 0) is 24.1 Å². The summed E-state index contributed by atoms with van der Waals surface area (Å²) >= 11 is 1.30. The molecule has 2 aromatic rings. The SMILES string of the molecule is CCc1ccc(N2CC(c3nnc(NC(=O)COC)s3)CC2=O)cc1. The Morgan fingerprint density at radius 3 is 2.80 bits per heavy atom. The van der Waals surface area contributed by atoms with E-state index >= 15 is 0 Å². The lowest BCUT2D eigenvalue weighted by molar-refractivity contribution is -0.119. The summed E-state index contributed by atoms with van der Waals surface area (Å²) in [6, 6.07) is 8.06. The van der Waals surface area contributed by atoms with Crippen LogP contribution in [0.15, 0.2) is 24.3 Å². The second kappa shape index (κ2) is 7.71. The highest BCUT2D eigenvalue weighted by Crippen LogP contribution is 2.34. The van der Waals surface area contributed by atoms with E-state index in [0.29, 0.717) is 18.1 Å². The lowest BCUT2D eigenvalue weighted by Gasteiger charge is -2.16. The van der Waals surface area contributed by atoms with Crippen LogP contribution in [0.1, 0.15) is 29.8 Å². The summed E-state index contributed by atoms with van der Waals surface area (Å²) in [7, 11) is 1.46. The minimum atomic E-state index is -0.273. The number of methoxy groups -OCH3 is 1. The molecular formula is C17H20N4O3S. The van der Waals surface area contributed by atoms with Gasteiger partial charge in [0.25, 0.3) is 5.91 Å². The van der Waals surface area contributed by atoms with Gasteiger partial charge in [-0.2, -0.15) is 0 Å². The number of ether oxygens (including phenoxy) is 1. The van der Waals surface area contributed by atoms with E-state index in [1.165, 1.54) is 24.0 Å². The third-order valence-electron chi connectivity index (χ3n) is 4.09. The van der Waals surface area contributed by atoms with Crippen molar-refractivity contribution in [3.63, 3.8) is 0 Å². The Balaban J connectivity index is 1.67. The summed E-state index contributed by atoms with van der Waals surface area (Å²) in [6.07, 6.45) is 1.37. The number of anilines is 2. The minimum absolute atomic E-state index is 0.0103. The normalized spacial score (nSPS) is 17.1. The third kappa shape index (κ3) is 4.02. The molecule has 2 heterocycles. The Kier molecular flexibility index (Phi) is 5.40. The molecule has 1 fully saturated rings. The molecule has 0 saturated carbocycles. The smallest absolute Gasteiger partial charge is 0.252 e. The van der Waals surface area contributed by atoms with Crippen molar-refractivity contribution in [3.05, 3.63) is 34.8 Å². The number of carbonyl (C=O) groups is 2. The van der Waals surface area contributed by atoms with Gasteiger partial charge in [-0.3, -0.25) is 14.9 Å². The van der Waals surface area contributed by atoms with Crippen molar-refractivity contribution in [2.45, 2.75) is 25.7 Å². The second-order valence-electron chi connectivity index (χ2n) is 5.85. The predicted molar refractivity (Wildman–Crippen MR) is 95.9 cm³/mol. The van der Waals surface area contributed by atoms with Gasteiger partial charge in [0.15, 0.2) is 0 Å². The maximum Gasteiger partial charge on any atom is 0.252 e. The van der Waals surface area contributed by atoms with Crippen LogP contribution < -0.4 is 10.2 Å². The molecule has 1 unspecified atom stereocenters. The van der Waals surface area contributed by atoms with Gasteiger partial charge in [-0.15, -0.1) is 10.2 Å². The summed E-state index contributed by atoms with van der Waals surface area (Å²) in [5.74, 6) is -0.205. The van der Waals surface area contributed by atoms with Crippen LogP contribution in [0.4, 0.5) is 10.8 Å². The second-order valence-corrected chi connectivity index (χ2v) is 6.86. The molecular weight excluding hydrogens is 340 g/mol. The Hall–Kier alpha value is -2.32. The highest BCUT2D eigenvalue weighted by molar-refractivity contribution is 7.15. The summed E-state index contributed by atoms with van der Waals surface area (Å²) < 4.78 is 4.77. The predicted octanol–water partition coefficient (Wildman–Crippen LogP) is 2.21. The van der Waals surface area contributed by atoms with Crippen LogP contribution >= 0.6 is 11.3 Å². The van der Waals surface area contributed by atoms with Crippen LogP contribution in [0.5, 0.6) is 0 Å². The number of rotatable bonds is 6. The molecule has 0 radical (unpaired) electrons. The molecule has 1 aromatic carbocycles. The van der Waals surface area contributed by atoms with E-state index in [0.717, 1.165) is 17.1 Å². The van der Waals surface area contributed by atoms with Gasteiger partial charge in [-0.1, -0.05) is 30.4 Å². The molecule has 7 nitrogen and oxygen atoms in total. The van der Waals surface area contributed by atoms with E-state index in [-0.39, 0.29) is 24.3 Å². The standard InChI is InChI=1S/C17H20N4O3S/c1-3-11-4-6-13(7-5-11)21-9-12(8-15(21)23)16-19-20-17(25-16)18-14(22)10-24-2/h4-7,12H,3,8-10H2,1-2H3,(H,18,20,22). The average Bonchev–Trinajstić information content (AvgIpc) is 3.22. The molecule has 2 amide bonds. The number of aromatic nitrogens is 2. The Morgan fingerprint density at radius 2 is 2.12 bits per heavy atom. The van der Waals surface area contributed by atoms with Crippen molar-refractivity contribution in [2.24, 2.45) is 0 Å². The number of nitrogens with zero attached hydrogens (tertiary/aromatic N) is 3. The molecule has 1 aliphatic rings. The fraction of sp³-hybridized carbons (Fsp3) is 0.412. The number of nitrogens with one attached hydrogen (secondary N) is 1. The molecule has 1 aromatic heterocycles. The van der Waals surface area contributed by atoms with Crippen LogP contribution in [0.3, 0.4) is 0 Å². The van der Waals surface area contributed by atoms with Crippen LogP contribution in [0.25, 0.3) is 0 Å². The highest BCUT2D eigenvalue weighted by Gasteiger charge is 2.33. The molecule has 1 aliphatic heterocycles. The molecule has 0 bridgehead atoms. The molecule has 25 heavy (non-hydrogen) atoms. The fourth-order valence-corrected chi connectivity index (χ4v) is 3.62. The van der Waals surface area contributed by atoms with Crippen LogP contribution in [-0.2, 0) is 20.7 Å². The summed E-state index contributed by atoms with van der Waals surface area (Å²) in [5.41, 5.74) is 2.15. The zero-order chi connectivity index (χ0) is 17.8. The van der Waals surface area contributed by atoms with Crippen molar-refractivity contribution < 1.29 is 14.3 Å². The average molecular weight is 360 g/mol. The lowest BCUT2D eigenvalue weighted by atomic mass is 10.1. The maximum absolute atomic E-state index is 12.4. The molecule has 1 saturated heterocycles. The first kappa shape index (κ1) is 17.5. The fourth-order valence-electron chi connectivity index (χ4n) is 2.77. The zero-order valence-electron chi connectivity index (χ0n) is 14.2. The van der Waals surface area contributed by atoms with Gasteiger partial charge in [0.05, 0.1) is 0 Å². The van der Waals surface area contributed by atoms with Crippen molar-refractivity contribution in [1.29, 1.82) is 0 Å². The first-order valence-electron chi connectivity index (χ1n) is 8.12. The number of aryl methyl sites for hydroxylation is 1. The first-order chi connectivity index (χ1) is 12.1. The zero-order valence-corrected chi connectivity index (χ0v) is 15.0. The lowest BCUT2D eigenvalue weighted by Crippen LogP contribution is -2.24. The highest BCUT2D eigenvalue weighted by atomic mass is 32.1. The van der Waals surface area contributed by atoms with Crippen LogP contribution in [0.2, 0.25) is 0 Å². The van der Waals surface area contributed by atoms with E-state index in [9.17, 15) is 9.59 Å². The van der Waals surface area contributed by atoms with E-state index in [2.05, 4.69) is 22.4 Å². The molecule has 132 valence electrons. The number of carbonyl (C=O) groups excluding carboxylic acids is 2. The van der Waals surface area contributed by atoms with Crippen molar-refractivity contribution >= 4 is 34.0 Å². The van der Waals surface area contributed by atoms with Gasteiger partial charge in [0, 0.05) is 31.7 Å². The van der Waals surface area contributed by atoms with Crippen molar-refractivity contribution in [2.75, 3.05) is 30.5 Å². The molecule has 3 rings (SSSR count). The number of benzene rings is 1. The number of amides is 2. The van der Waals surface area contributed by atoms with Crippen LogP contribution in [0, 0.1) is 0 Å². The van der Waals surface area contributed by atoms with E-state index in [1.54, 1.807) is 4.90 Å².